The number of aliphatic hydroxyl groups is 1. The van der Waals surface area contributed by atoms with Crippen LogP contribution in [0.5, 0.6) is 11.5 Å². The molecule has 37 heavy (non-hydrogen) atoms. The van der Waals surface area contributed by atoms with Gasteiger partial charge in [0.25, 0.3) is 11.5 Å². The predicted molar refractivity (Wildman–Crippen MR) is 143 cm³/mol. The molecule has 1 amide bonds. The minimum atomic E-state index is -0.293. The van der Waals surface area contributed by atoms with Crippen LogP contribution in [0.1, 0.15) is 28.9 Å². The molecule has 0 aliphatic carbocycles. The lowest BCUT2D eigenvalue weighted by molar-refractivity contribution is 0.0896. The number of methoxy groups -OCH3 is 2. The predicted octanol–water partition coefficient (Wildman–Crippen LogP) is 2.73. The first-order valence-electron chi connectivity index (χ1n) is 12.5. The standard InChI is InChI=1S/C28H32N4O5/c1-36-20-9-7-18(8-10-20)17-32-22-6-4-3-5-21(22)24-23(28(32)35)26(37-2)25(30-24)27(34)29-19-11-13-31(14-12-19)15-16-33/h3-10,19,30,33H,11-17H2,1-2H3,(H,29,34). The smallest absolute Gasteiger partial charge is 0.271 e. The van der Waals surface area contributed by atoms with Crippen LogP contribution in [0.25, 0.3) is 21.8 Å². The van der Waals surface area contributed by atoms with E-state index in [-0.39, 0.29) is 35.6 Å². The average Bonchev–Trinajstić information content (AvgIpc) is 3.33. The molecular weight excluding hydrogens is 472 g/mol. The first kappa shape index (κ1) is 24.9. The summed E-state index contributed by atoms with van der Waals surface area (Å²) >= 11 is 0. The molecule has 0 spiro atoms. The molecule has 1 aliphatic rings. The number of nitrogens with one attached hydrogen (secondary N) is 2. The van der Waals surface area contributed by atoms with E-state index in [2.05, 4.69) is 15.2 Å². The maximum atomic E-state index is 13.9. The number of β-amino-alcohol motifs (C(OH)–C–C–N with tert-alkyl or cyclic N) is 1. The zero-order valence-corrected chi connectivity index (χ0v) is 21.1. The molecule has 3 N–H and O–H groups in total. The zero-order valence-electron chi connectivity index (χ0n) is 21.1. The van der Waals surface area contributed by atoms with Crippen LogP contribution in [-0.2, 0) is 6.54 Å². The molecule has 4 aromatic rings. The molecule has 5 rings (SSSR count). The van der Waals surface area contributed by atoms with Gasteiger partial charge in [-0.05, 0) is 36.6 Å². The fourth-order valence-corrected chi connectivity index (χ4v) is 5.19. The van der Waals surface area contributed by atoms with Gasteiger partial charge in [0.15, 0.2) is 5.75 Å². The molecule has 1 saturated heterocycles. The Balaban J connectivity index is 1.53. The summed E-state index contributed by atoms with van der Waals surface area (Å²) in [4.78, 5) is 32.6. The number of rotatable bonds is 8. The number of fused-ring (bicyclic) bond motifs is 3. The number of para-hydroxylation sites is 1. The van der Waals surface area contributed by atoms with Gasteiger partial charge in [-0.25, -0.2) is 0 Å². The topological polar surface area (TPSA) is 109 Å². The van der Waals surface area contributed by atoms with Gasteiger partial charge in [0, 0.05) is 31.1 Å². The monoisotopic (exact) mass is 504 g/mol. The van der Waals surface area contributed by atoms with E-state index in [1.165, 1.54) is 7.11 Å². The number of pyridine rings is 1. The summed E-state index contributed by atoms with van der Waals surface area (Å²) < 4.78 is 12.6. The van der Waals surface area contributed by atoms with Crippen LogP contribution in [0.2, 0.25) is 0 Å². The minimum absolute atomic E-state index is 0.0158. The molecule has 1 fully saturated rings. The molecule has 3 heterocycles. The normalized spacial score (nSPS) is 14.8. The van der Waals surface area contributed by atoms with Gasteiger partial charge < -0.3 is 34.3 Å². The van der Waals surface area contributed by atoms with Crippen molar-refractivity contribution in [1.29, 1.82) is 0 Å². The van der Waals surface area contributed by atoms with Crippen molar-refractivity contribution in [1.82, 2.24) is 19.8 Å². The van der Waals surface area contributed by atoms with Crippen molar-refractivity contribution in [3.05, 3.63) is 70.1 Å². The molecule has 194 valence electrons. The maximum absolute atomic E-state index is 13.9. The number of piperidine rings is 1. The van der Waals surface area contributed by atoms with Crippen LogP contribution < -0.4 is 20.3 Å². The Bertz CT molecular complexity index is 1470. The van der Waals surface area contributed by atoms with Crippen molar-refractivity contribution >= 4 is 27.7 Å². The van der Waals surface area contributed by atoms with Crippen LogP contribution in [0.4, 0.5) is 0 Å². The number of benzene rings is 2. The lowest BCUT2D eigenvalue weighted by atomic mass is 10.0. The Morgan fingerprint density at radius 1 is 1.08 bits per heavy atom. The maximum Gasteiger partial charge on any atom is 0.271 e. The second-order valence-corrected chi connectivity index (χ2v) is 9.35. The number of likely N-dealkylation sites (tertiary alicyclic amines) is 1. The van der Waals surface area contributed by atoms with Crippen molar-refractivity contribution in [3.8, 4) is 11.5 Å². The Morgan fingerprint density at radius 2 is 1.81 bits per heavy atom. The number of amides is 1. The van der Waals surface area contributed by atoms with Crippen LogP contribution in [0.3, 0.4) is 0 Å². The Labute approximate surface area is 214 Å². The van der Waals surface area contributed by atoms with Crippen molar-refractivity contribution in [2.75, 3.05) is 40.5 Å². The number of carbonyl (C=O) groups excluding carboxylic acids is 1. The summed E-state index contributed by atoms with van der Waals surface area (Å²) in [6.45, 7) is 2.77. The van der Waals surface area contributed by atoms with Gasteiger partial charge in [-0.3, -0.25) is 9.59 Å². The molecule has 2 aromatic carbocycles. The number of hydrogen-bond acceptors (Lipinski definition) is 6. The summed E-state index contributed by atoms with van der Waals surface area (Å²) in [5.41, 5.74) is 2.33. The number of aliphatic hydroxyl groups excluding tert-OH is 1. The van der Waals surface area contributed by atoms with Gasteiger partial charge >= 0.3 is 0 Å². The number of carbonyl (C=O) groups is 1. The number of aromatic nitrogens is 2. The van der Waals surface area contributed by atoms with E-state index in [1.54, 1.807) is 11.7 Å². The van der Waals surface area contributed by atoms with E-state index >= 15 is 0 Å². The quantitative estimate of drug-likeness (QED) is 0.341. The largest absolute Gasteiger partial charge is 0.497 e. The number of nitrogens with zero attached hydrogens (tertiary/aromatic N) is 2. The third kappa shape index (κ3) is 4.80. The van der Waals surface area contributed by atoms with E-state index in [0.29, 0.717) is 24.0 Å². The van der Waals surface area contributed by atoms with Crippen molar-refractivity contribution in [2.24, 2.45) is 0 Å². The lowest BCUT2D eigenvalue weighted by Crippen LogP contribution is -2.45. The van der Waals surface area contributed by atoms with Gasteiger partial charge in [0.2, 0.25) is 0 Å². The van der Waals surface area contributed by atoms with E-state index in [9.17, 15) is 9.59 Å². The summed E-state index contributed by atoms with van der Waals surface area (Å²) in [5, 5.41) is 13.5. The van der Waals surface area contributed by atoms with Gasteiger partial charge in [0.1, 0.15) is 16.8 Å². The molecule has 0 atom stereocenters. The second kappa shape index (κ2) is 10.7. The second-order valence-electron chi connectivity index (χ2n) is 9.35. The SMILES string of the molecule is COc1ccc(Cn2c(=O)c3c(OC)c(C(=O)NC4CCN(CCO)CC4)[nH]c3c3ccccc32)cc1. The van der Waals surface area contributed by atoms with Gasteiger partial charge in [-0.2, -0.15) is 0 Å². The van der Waals surface area contributed by atoms with Crippen LogP contribution in [0, 0.1) is 0 Å². The fourth-order valence-electron chi connectivity index (χ4n) is 5.19. The number of ether oxygens (including phenoxy) is 2. The zero-order chi connectivity index (χ0) is 25.9. The minimum Gasteiger partial charge on any atom is -0.497 e. The lowest BCUT2D eigenvalue weighted by Gasteiger charge is -2.31. The number of hydrogen-bond donors (Lipinski definition) is 3. The fraction of sp³-hybridized carbons (Fsp3) is 0.357. The van der Waals surface area contributed by atoms with Crippen LogP contribution in [0.15, 0.2) is 53.3 Å². The molecule has 0 unspecified atom stereocenters. The van der Waals surface area contributed by atoms with E-state index < -0.39 is 0 Å². The number of aromatic amines is 1. The number of H-pyrrole nitrogens is 1. The molecule has 9 heteroatoms. The molecule has 2 aromatic heterocycles. The summed E-state index contributed by atoms with van der Waals surface area (Å²) in [6.07, 6.45) is 1.60. The first-order valence-corrected chi connectivity index (χ1v) is 12.5. The van der Waals surface area contributed by atoms with E-state index in [0.717, 1.165) is 48.1 Å². The molecule has 0 bridgehead atoms. The van der Waals surface area contributed by atoms with Gasteiger partial charge in [-0.15, -0.1) is 0 Å². The van der Waals surface area contributed by atoms with Crippen molar-refractivity contribution in [2.45, 2.75) is 25.4 Å². The molecular formula is C28H32N4O5. The molecule has 9 nitrogen and oxygen atoms in total. The van der Waals surface area contributed by atoms with E-state index in [1.807, 2.05) is 48.5 Å². The van der Waals surface area contributed by atoms with Crippen molar-refractivity contribution < 1.29 is 19.4 Å². The molecule has 1 aliphatic heterocycles. The van der Waals surface area contributed by atoms with E-state index in [4.69, 9.17) is 14.6 Å². The van der Waals surface area contributed by atoms with Crippen LogP contribution in [-0.4, -0.2) is 72.0 Å². The van der Waals surface area contributed by atoms with Crippen LogP contribution >= 0.6 is 0 Å². The molecule has 0 radical (unpaired) electrons. The Hall–Kier alpha value is -3.82. The highest BCUT2D eigenvalue weighted by atomic mass is 16.5. The summed E-state index contributed by atoms with van der Waals surface area (Å²) in [6, 6.07) is 15.3. The van der Waals surface area contributed by atoms with Gasteiger partial charge in [0.05, 0.1) is 38.4 Å². The molecule has 0 saturated carbocycles. The summed E-state index contributed by atoms with van der Waals surface area (Å²) in [5.74, 6) is 0.710. The third-order valence-electron chi connectivity index (χ3n) is 7.15. The highest BCUT2D eigenvalue weighted by Gasteiger charge is 2.27. The third-order valence-corrected chi connectivity index (χ3v) is 7.15. The first-order chi connectivity index (χ1) is 18.0. The van der Waals surface area contributed by atoms with Crippen molar-refractivity contribution in [3.63, 3.8) is 0 Å². The Kier molecular flexibility index (Phi) is 7.16. The Morgan fingerprint density at radius 3 is 2.49 bits per heavy atom. The summed E-state index contributed by atoms with van der Waals surface area (Å²) in [7, 11) is 3.10. The van der Waals surface area contributed by atoms with Gasteiger partial charge in [-0.1, -0.05) is 30.3 Å². The highest BCUT2D eigenvalue weighted by molar-refractivity contribution is 6.11. The highest BCUT2D eigenvalue weighted by Crippen LogP contribution is 2.32. The average molecular weight is 505 g/mol.